The Morgan fingerprint density at radius 1 is 1.43 bits per heavy atom. The summed E-state index contributed by atoms with van der Waals surface area (Å²) in [6, 6.07) is 5.35. The monoisotopic (exact) mass is 350 g/mol. The highest BCUT2D eigenvalue weighted by Crippen LogP contribution is 2.25. The molecule has 1 aromatic rings. The predicted octanol–water partition coefficient (Wildman–Crippen LogP) is 3.54. The zero-order valence-corrected chi connectivity index (χ0v) is 14.3. The van der Waals surface area contributed by atoms with Crippen LogP contribution in [-0.2, 0) is 11.2 Å². The van der Waals surface area contributed by atoms with Crippen LogP contribution in [0.25, 0.3) is 0 Å². The molecule has 0 aliphatic carbocycles. The molecule has 1 amide bonds. The largest absolute Gasteiger partial charge is 0.338 e. The Bertz CT molecular complexity index is 496. The van der Waals surface area contributed by atoms with E-state index in [4.69, 9.17) is 28.9 Å². The van der Waals surface area contributed by atoms with Crippen LogP contribution in [0.4, 0.5) is 0 Å². The Labute approximate surface area is 142 Å². The Hall–Kier alpha value is -0.480. The van der Waals surface area contributed by atoms with E-state index in [9.17, 15) is 4.79 Å². The van der Waals surface area contributed by atoms with Crippen LogP contribution in [0.5, 0.6) is 0 Å². The van der Waals surface area contributed by atoms with Crippen molar-refractivity contribution in [2.45, 2.75) is 32.2 Å². The van der Waals surface area contributed by atoms with E-state index in [-0.39, 0.29) is 30.8 Å². The smallest absolute Gasteiger partial charge is 0.227 e. The van der Waals surface area contributed by atoms with Gasteiger partial charge < -0.3 is 10.6 Å². The number of benzene rings is 1. The first-order chi connectivity index (χ1) is 9.51. The number of amides is 1. The van der Waals surface area contributed by atoms with Crippen molar-refractivity contribution in [2.75, 3.05) is 13.1 Å². The predicted molar refractivity (Wildman–Crippen MR) is 90.4 cm³/mol. The molecule has 2 rings (SSSR count). The first kappa shape index (κ1) is 18.6. The van der Waals surface area contributed by atoms with Crippen LogP contribution in [0.15, 0.2) is 18.2 Å². The molecule has 2 atom stereocenters. The minimum Gasteiger partial charge on any atom is -0.338 e. The van der Waals surface area contributed by atoms with Gasteiger partial charge in [-0.05, 0) is 42.5 Å². The van der Waals surface area contributed by atoms with E-state index in [0.717, 1.165) is 24.9 Å². The molecule has 2 N–H and O–H groups in total. The quantitative estimate of drug-likeness (QED) is 0.905. The first-order valence-corrected chi connectivity index (χ1v) is 7.70. The SMILES string of the molecule is CC1CCN(C(=O)Cc2cc(Cl)ccc2Cl)C(CN)C1.Cl. The molecule has 21 heavy (non-hydrogen) atoms. The highest BCUT2D eigenvalue weighted by atomic mass is 35.5. The molecule has 1 heterocycles. The lowest BCUT2D eigenvalue weighted by molar-refractivity contribution is -0.134. The van der Waals surface area contributed by atoms with Gasteiger partial charge in [-0.3, -0.25) is 4.79 Å². The second kappa shape index (κ2) is 8.23. The fourth-order valence-corrected chi connectivity index (χ4v) is 3.13. The van der Waals surface area contributed by atoms with Gasteiger partial charge in [-0.2, -0.15) is 0 Å². The molecule has 0 bridgehead atoms. The number of likely N-dealkylation sites (tertiary alicyclic amines) is 1. The van der Waals surface area contributed by atoms with Gasteiger partial charge in [0.15, 0.2) is 0 Å². The molecule has 0 saturated carbocycles. The normalized spacial score (nSPS) is 21.8. The molecule has 1 aliphatic rings. The van der Waals surface area contributed by atoms with Crippen LogP contribution in [0.2, 0.25) is 10.0 Å². The fraction of sp³-hybridized carbons (Fsp3) is 0.533. The van der Waals surface area contributed by atoms with E-state index in [2.05, 4.69) is 6.92 Å². The molecule has 0 radical (unpaired) electrons. The van der Waals surface area contributed by atoms with Crippen molar-refractivity contribution in [2.24, 2.45) is 11.7 Å². The Morgan fingerprint density at radius 2 is 2.14 bits per heavy atom. The molecule has 0 aromatic heterocycles. The molecule has 2 unspecified atom stereocenters. The Morgan fingerprint density at radius 3 is 2.81 bits per heavy atom. The number of carbonyl (C=O) groups is 1. The highest BCUT2D eigenvalue weighted by Gasteiger charge is 2.29. The number of nitrogens with two attached hydrogens (primary N) is 1. The summed E-state index contributed by atoms with van der Waals surface area (Å²) in [6.45, 7) is 3.50. The van der Waals surface area contributed by atoms with Gasteiger partial charge in [-0.25, -0.2) is 0 Å². The van der Waals surface area contributed by atoms with Gasteiger partial charge in [-0.15, -0.1) is 12.4 Å². The summed E-state index contributed by atoms with van der Waals surface area (Å²) in [4.78, 5) is 14.4. The fourth-order valence-electron chi connectivity index (χ4n) is 2.75. The third kappa shape index (κ3) is 4.75. The van der Waals surface area contributed by atoms with Crippen molar-refractivity contribution in [1.82, 2.24) is 4.90 Å². The summed E-state index contributed by atoms with van der Waals surface area (Å²) in [6.07, 6.45) is 2.29. The minimum atomic E-state index is 0. The van der Waals surface area contributed by atoms with E-state index < -0.39 is 0 Å². The average Bonchev–Trinajstić information content (AvgIpc) is 2.42. The number of hydrogen-bond donors (Lipinski definition) is 1. The lowest BCUT2D eigenvalue weighted by Crippen LogP contribution is -2.49. The van der Waals surface area contributed by atoms with Gasteiger partial charge in [-0.1, -0.05) is 30.1 Å². The second-order valence-corrected chi connectivity index (χ2v) is 6.36. The number of piperidine rings is 1. The minimum absolute atomic E-state index is 0. The van der Waals surface area contributed by atoms with Crippen molar-refractivity contribution in [3.63, 3.8) is 0 Å². The molecule has 118 valence electrons. The number of halogens is 3. The maximum atomic E-state index is 12.5. The van der Waals surface area contributed by atoms with E-state index in [0.29, 0.717) is 22.5 Å². The maximum Gasteiger partial charge on any atom is 0.227 e. The van der Waals surface area contributed by atoms with Crippen LogP contribution in [0, 0.1) is 5.92 Å². The van der Waals surface area contributed by atoms with E-state index in [1.165, 1.54) is 0 Å². The Balaban J connectivity index is 0.00000220. The lowest BCUT2D eigenvalue weighted by Gasteiger charge is -2.38. The van der Waals surface area contributed by atoms with E-state index in [1.54, 1.807) is 18.2 Å². The second-order valence-electron chi connectivity index (χ2n) is 5.52. The molecule has 1 saturated heterocycles. The Kier molecular flexibility index (Phi) is 7.28. The zero-order valence-electron chi connectivity index (χ0n) is 12.0. The average molecular weight is 352 g/mol. The van der Waals surface area contributed by atoms with Crippen molar-refractivity contribution in [1.29, 1.82) is 0 Å². The van der Waals surface area contributed by atoms with Gasteiger partial charge in [0, 0.05) is 29.2 Å². The molecular formula is C15H21Cl3N2O. The third-order valence-electron chi connectivity index (χ3n) is 3.92. The molecule has 1 aromatic carbocycles. The summed E-state index contributed by atoms with van der Waals surface area (Å²) in [5.74, 6) is 0.707. The summed E-state index contributed by atoms with van der Waals surface area (Å²) >= 11 is 12.1. The van der Waals surface area contributed by atoms with Crippen molar-refractivity contribution in [3.8, 4) is 0 Å². The third-order valence-corrected chi connectivity index (χ3v) is 4.52. The van der Waals surface area contributed by atoms with Crippen LogP contribution < -0.4 is 5.73 Å². The molecular weight excluding hydrogens is 331 g/mol. The van der Waals surface area contributed by atoms with Crippen molar-refractivity contribution >= 4 is 41.5 Å². The first-order valence-electron chi connectivity index (χ1n) is 6.94. The van der Waals surface area contributed by atoms with Gasteiger partial charge >= 0.3 is 0 Å². The summed E-state index contributed by atoms with van der Waals surface area (Å²) in [7, 11) is 0. The number of rotatable bonds is 3. The molecule has 0 spiro atoms. The topological polar surface area (TPSA) is 46.3 Å². The highest BCUT2D eigenvalue weighted by molar-refractivity contribution is 6.33. The van der Waals surface area contributed by atoms with Gasteiger partial charge in [0.2, 0.25) is 5.91 Å². The number of carbonyl (C=O) groups excluding carboxylic acids is 1. The number of nitrogens with zero attached hydrogens (tertiary/aromatic N) is 1. The van der Waals surface area contributed by atoms with Crippen LogP contribution >= 0.6 is 35.6 Å². The molecule has 1 aliphatic heterocycles. The van der Waals surface area contributed by atoms with Gasteiger partial charge in [0.1, 0.15) is 0 Å². The lowest BCUT2D eigenvalue weighted by atomic mass is 9.92. The van der Waals surface area contributed by atoms with Crippen molar-refractivity contribution < 1.29 is 4.79 Å². The van der Waals surface area contributed by atoms with Crippen LogP contribution in [0.1, 0.15) is 25.3 Å². The van der Waals surface area contributed by atoms with E-state index in [1.807, 2.05) is 4.90 Å². The molecule has 3 nitrogen and oxygen atoms in total. The van der Waals surface area contributed by atoms with Crippen LogP contribution in [0.3, 0.4) is 0 Å². The summed E-state index contributed by atoms with van der Waals surface area (Å²) in [5.41, 5.74) is 6.58. The standard InChI is InChI=1S/C15H20Cl2N2O.ClH/c1-10-4-5-19(13(6-10)9-18)15(20)8-11-7-12(16)2-3-14(11)17;/h2-3,7,10,13H,4-6,8-9,18H2,1H3;1H. The number of hydrogen-bond acceptors (Lipinski definition) is 2. The van der Waals surface area contributed by atoms with Crippen LogP contribution in [-0.4, -0.2) is 29.9 Å². The maximum absolute atomic E-state index is 12.5. The van der Waals surface area contributed by atoms with E-state index >= 15 is 0 Å². The van der Waals surface area contributed by atoms with Gasteiger partial charge in [0.05, 0.1) is 6.42 Å². The summed E-state index contributed by atoms with van der Waals surface area (Å²) < 4.78 is 0. The molecule has 1 fully saturated rings. The zero-order chi connectivity index (χ0) is 14.7. The van der Waals surface area contributed by atoms with Crippen molar-refractivity contribution in [3.05, 3.63) is 33.8 Å². The van der Waals surface area contributed by atoms with Gasteiger partial charge in [0.25, 0.3) is 0 Å². The summed E-state index contributed by atoms with van der Waals surface area (Å²) in [5, 5.41) is 1.18. The molecule has 6 heteroatoms.